The van der Waals surface area contributed by atoms with Crippen LogP contribution in [0.4, 0.5) is 5.69 Å². The molecule has 0 aliphatic heterocycles. The van der Waals surface area contributed by atoms with E-state index in [1.54, 1.807) is 51.7 Å². The maximum Gasteiger partial charge on any atom is 0.500 e. The predicted octanol–water partition coefficient (Wildman–Crippen LogP) is 1.56. The molecule has 0 aliphatic carbocycles. The molecule has 1 aromatic rings. The van der Waals surface area contributed by atoms with Crippen molar-refractivity contribution in [2.24, 2.45) is 10.8 Å². The monoisotopic (exact) mass is 365 g/mol. The Balaban J connectivity index is 2.56. The van der Waals surface area contributed by atoms with E-state index in [9.17, 15) is 0 Å². The number of nitrogens with one attached hydrogen (secondary N) is 2. The van der Waals surface area contributed by atoms with E-state index in [0.29, 0.717) is 30.5 Å². The first kappa shape index (κ1) is 20.6. The molecule has 136 valence electrons. The van der Waals surface area contributed by atoms with Gasteiger partial charge in [0.1, 0.15) is 11.8 Å². The standard InChI is InChI=1S/C15H23N5O4Si/c1-21-25(22-2,23-3)9-5-8-24-13-7-4-6-12(10-13)19-20-14(11-16)15(17)18/h4,6-7,10,19H,5,8-9H2,1-3H3,(H3,17,18)/b20-14+. The Morgan fingerprint density at radius 2 is 2.00 bits per heavy atom. The largest absolute Gasteiger partial charge is 0.500 e. The van der Waals surface area contributed by atoms with Gasteiger partial charge in [-0.15, -0.1) is 0 Å². The maximum atomic E-state index is 8.81. The third kappa shape index (κ3) is 6.52. The van der Waals surface area contributed by atoms with Crippen molar-refractivity contribution in [2.75, 3.05) is 33.4 Å². The first-order valence-corrected chi connectivity index (χ1v) is 9.40. The molecule has 0 aromatic heterocycles. The molecule has 0 saturated heterocycles. The number of ether oxygens (including phenoxy) is 1. The van der Waals surface area contributed by atoms with Crippen molar-refractivity contribution in [3.63, 3.8) is 0 Å². The highest BCUT2D eigenvalue weighted by molar-refractivity contribution is 6.60. The maximum absolute atomic E-state index is 8.81. The van der Waals surface area contributed by atoms with E-state index in [1.807, 2.05) is 0 Å². The predicted molar refractivity (Wildman–Crippen MR) is 96.7 cm³/mol. The minimum absolute atomic E-state index is 0.189. The number of hydrogen-bond acceptors (Lipinski definition) is 8. The minimum atomic E-state index is -2.58. The van der Waals surface area contributed by atoms with E-state index in [0.717, 1.165) is 0 Å². The molecule has 0 amide bonds. The van der Waals surface area contributed by atoms with Crippen molar-refractivity contribution in [3.05, 3.63) is 24.3 Å². The van der Waals surface area contributed by atoms with Crippen LogP contribution >= 0.6 is 0 Å². The van der Waals surface area contributed by atoms with Crippen LogP contribution in [0.2, 0.25) is 6.04 Å². The van der Waals surface area contributed by atoms with Crippen LogP contribution < -0.4 is 15.9 Å². The summed E-state index contributed by atoms with van der Waals surface area (Å²) in [5.41, 5.74) is 8.32. The number of amidine groups is 1. The summed E-state index contributed by atoms with van der Waals surface area (Å²) in [6.07, 6.45) is 0.709. The van der Waals surface area contributed by atoms with E-state index in [1.165, 1.54) is 0 Å². The first-order valence-electron chi connectivity index (χ1n) is 7.46. The molecule has 0 bridgehead atoms. The second-order valence-corrected chi connectivity index (χ2v) is 7.96. The Morgan fingerprint density at radius 1 is 1.32 bits per heavy atom. The van der Waals surface area contributed by atoms with Crippen LogP contribution in [0.1, 0.15) is 6.42 Å². The van der Waals surface area contributed by atoms with Gasteiger partial charge in [0.15, 0.2) is 5.84 Å². The molecule has 1 rings (SSSR count). The summed E-state index contributed by atoms with van der Waals surface area (Å²) < 4.78 is 21.7. The lowest BCUT2D eigenvalue weighted by atomic mass is 10.3. The van der Waals surface area contributed by atoms with Crippen LogP contribution in [0.25, 0.3) is 0 Å². The fourth-order valence-electron chi connectivity index (χ4n) is 1.96. The molecule has 1 aromatic carbocycles. The van der Waals surface area contributed by atoms with Crippen LogP contribution in [0.3, 0.4) is 0 Å². The van der Waals surface area contributed by atoms with Crippen LogP contribution in [-0.2, 0) is 13.3 Å². The minimum Gasteiger partial charge on any atom is -0.494 e. The summed E-state index contributed by atoms with van der Waals surface area (Å²) in [5, 5.41) is 19.8. The van der Waals surface area contributed by atoms with Gasteiger partial charge in [-0.05, 0) is 18.6 Å². The van der Waals surface area contributed by atoms with Gasteiger partial charge in [-0.1, -0.05) is 6.07 Å². The lowest BCUT2D eigenvalue weighted by Crippen LogP contribution is -2.42. The fourth-order valence-corrected chi connectivity index (χ4v) is 3.65. The summed E-state index contributed by atoms with van der Waals surface area (Å²) in [6.45, 7) is 0.467. The Morgan fingerprint density at radius 3 is 2.56 bits per heavy atom. The molecule has 0 heterocycles. The molecule has 4 N–H and O–H groups in total. The zero-order valence-electron chi connectivity index (χ0n) is 14.5. The van der Waals surface area contributed by atoms with Gasteiger partial charge in [-0.25, -0.2) is 0 Å². The second-order valence-electron chi connectivity index (χ2n) is 4.87. The molecule has 0 spiro atoms. The van der Waals surface area contributed by atoms with E-state index in [2.05, 4.69) is 10.5 Å². The number of rotatable bonds is 11. The fraction of sp³-hybridized carbons (Fsp3) is 0.400. The molecular weight excluding hydrogens is 342 g/mol. The molecule has 0 atom stereocenters. The molecule has 0 saturated carbocycles. The number of nitrogens with two attached hydrogens (primary N) is 1. The average molecular weight is 365 g/mol. The third-order valence-corrected chi connectivity index (χ3v) is 6.15. The SMILES string of the molecule is CO[Si](CCCOc1cccc(N/N=C(\C#N)C(=N)N)c1)(OC)OC. The number of hydrogen-bond donors (Lipinski definition) is 3. The van der Waals surface area contributed by atoms with E-state index >= 15 is 0 Å². The van der Waals surface area contributed by atoms with Gasteiger partial charge < -0.3 is 23.7 Å². The summed E-state index contributed by atoms with van der Waals surface area (Å²) in [5.74, 6) is 0.241. The highest BCUT2D eigenvalue weighted by atomic mass is 28.4. The number of nitrogens with zero attached hydrogens (tertiary/aromatic N) is 2. The second kappa shape index (κ2) is 10.4. The van der Waals surface area contributed by atoms with Gasteiger partial charge in [0.05, 0.1) is 12.3 Å². The van der Waals surface area contributed by atoms with Gasteiger partial charge in [0, 0.05) is 33.4 Å². The zero-order valence-corrected chi connectivity index (χ0v) is 15.5. The van der Waals surface area contributed by atoms with Gasteiger partial charge in [0.2, 0.25) is 5.71 Å². The van der Waals surface area contributed by atoms with Gasteiger partial charge in [-0.2, -0.15) is 10.4 Å². The summed E-state index contributed by atoms with van der Waals surface area (Å²) in [6, 6.07) is 9.45. The van der Waals surface area contributed by atoms with E-state index in [-0.39, 0.29) is 5.71 Å². The normalized spacial score (nSPS) is 11.7. The number of benzene rings is 1. The molecule has 0 fully saturated rings. The molecule has 9 nitrogen and oxygen atoms in total. The molecule has 0 radical (unpaired) electrons. The van der Waals surface area contributed by atoms with E-state index < -0.39 is 14.6 Å². The number of hydrazone groups is 1. The topological polar surface area (TPSA) is 135 Å². The smallest absolute Gasteiger partial charge is 0.494 e. The van der Waals surface area contributed by atoms with Gasteiger partial charge in [-0.3, -0.25) is 10.8 Å². The quantitative estimate of drug-likeness (QED) is 0.178. The Kier molecular flexibility index (Phi) is 8.58. The molecule has 0 aliphatic rings. The van der Waals surface area contributed by atoms with Gasteiger partial charge in [0.25, 0.3) is 0 Å². The Bertz CT molecular complexity index is 635. The van der Waals surface area contributed by atoms with E-state index in [4.69, 9.17) is 34.4 Å². The summed E-state index contributed by atoms with van der Waals surface area (Å²) in [4.78, 5) is 0. The van der Waals surface area contributed by atoms with Crippen molar-refractivity contribution in [2.45, 2.75) is 12.5 Å². The highest BCUT2D eigenvalue weighted by Gasteiger charge is 2.36. The highest BCUT2D eigenvalue weighted by Crippen LogP contribution is 2.19. The Labute approximate surface area is 148 Å². The van der Waals surface area contributed by atoms with Crippen molar-refractivity contribution in [3.8, 4) is 11.8 Å². The van der Waals surface area contributed by atoms with Crippen molar-refractivity contribution >= 4 is 26.0 Å². The summed E-state index contributed by atoms with van der Waals surface area (Å²) >= 11 is 0. The van der Waals surface area contributed by atoms with Crippen LogP contribution in [0.5, 0.6) is 5.75 Å². The average Bonchev–Trinajstić information content (AvgIpc) is 2.63. The Hall–Kier alpha value is -2.45. The molecular formula is C15H23N5O4Si. The van der Waals surface area contributed by atoms with Crippen molar-refractivity contribution in [1.82, 2.24) is 0 Å². The number of nitriles is 1. The van der Waals surface area contributed by atoms with Crippen LogP contribution in [-0.4, -0.2) is 48.3 Å². The number of anilines is 1. The van der Waals surface area contributed by atoms with Crippen LogP contribution in [0.15, 0.2) is 29.4 Å². The molecule has 0 unspecified atom stereocenters. The third-order valence-electron chi connectivity index (χ3n) is 3.32. The lowest BCUT2D eigenvalue weighted by molar-refractivity contribution is 0.121. The molecule has 10 heteroatoms. The van der Waals surface area contributed by atoms with Crippen molar-refractivity contribution < 1.29 is 18.0 Å². The van der Waals surface area contributed by atoms with Crippen LogP contribution in [0, 0.1) is 16.7 Å². The lowest BCUT2D eigenvalue weighted by Gasteiger charge is -2.24. The summed E-state index contributed by atoms with van der Waals surface area (Å²) in [7, 11) is 2.15. The first-order chi connectivity index (χ1) is 12.0. The molecule has 25 heavy (non-hydrogen) atoms. The van der Waals surface area contributed by atoms with Crippen molar-refractivity contribution in [1.29, 1.82) is 10.7 Å². The van der Waals surface area contributed by atoms with Gasteiger partial charge >= 0.3 is 8.80 Å². The zero-order chi connectivity index (χ0) is 18.7.